The monoisotopic (exact) mass is 264 g/mol. The van der Waals surface area contributed by atoms with E-state index < -0.39 is 16.8 Å². The number of carbonyl (C=O) groups is 1. The lowest BCUT2D eigenvalue weighted by molar-refractivity contribution is -0.394. The van der Waals surface area contributed by atoms with Crippen LogP contribution in [0.5, 0.6) is 0 Å². The van der Waals surface area contributed by atoms with Crippen molar-refractivity contribution in [3.05, 3.63) is 14.8 Å². The number of nitrogens with zero attached hydrogens (tertiary/aromatic N) is 4. The molecule has 0 bridgehead atoms. The fourth-order valence-corrected chi connectivity index (χ4v) is 1.03. The number of halogens is 1. The molecule has 14 heavy (non-hydrogen) atoms. The first-order valence-corrected chi connectivity index (χ1v) is 4.08. The van der Waals surface area contributed by atoms with E-state index in [-0.39, 0.29) is 11.3 Å². The molecule has 0 atom stereocenters. The van der Waals surface area contributed by atoms with Crippen LogP contribution in [0.25, 0.3) is 0 Å². The average Bonchev–Trinajstić information content (AvgIpc) is 2.48. The lowest BCUT2D eigenvalue weighted by Gasteiger charge is -1.95. The quantitative estimate of drug-likeness (QED) is 0.310. The number of rotatable bonds is 3. The number of hydrogen-bond donors (Lipinski definition) is 2. The molecule has 0 aliphatic rings. The number of nitrogens with one attached hydrogen (secondary N) is 1. The van der Waals surface area contributed by atoms with Crippen molar-refractivity contribution in [2.75, 3.05) is 0 Å². The maximum Gasteiger partial charge on any atom is 0.492 e. The Kier molecular flexibility index (Phi) is 3.09. The topological polar surface area (TPSA) is 129 Å². The Bertz CT molecular complexity index is 375. The molecule has 0 saturated heterocycles. The van der Waals surface area contributed by atoms with E-state index in [0.29, 0.717) is 0 Å². The Labute approximate surface area is 85.5 Å². The molecule has 0 aliphatic heterocycles. The number of hydrogen-bond acceptors (Lipinski definition) is 6. The van der Waals surface area contributed by atoms with Gasteiger partial charge in [-0.15, -0.1) is 0 Å². The molecule has 0 aliphatic carbocycles. The summed E-state index contributed by atoms with van der Waals surface area (Å²) in [4.78, 5) is 23.7. The summed E-state index contributed by atoms with van der Waals surface area (Å²) in [6.45, 7) is -0.238. The molecule has 1 rings (SSSR count). The van der Waals surface area contributed by atoms with Crippen LogP contribution in [0.15, 0.2) is 4.73 Å². The van der Waals surface area contributed by atoms with Gasteiger partial charge in [-0.3, -0.25) is 10.2 Å². The van der Waals surface area contributed by atoms with Gasteiger partial charge in [-0.1, -0.05) is 0 Å². The standard InChI is InChI=1S/C4H5BrN6O3/c5-3-7-4(11(13)14)9-10(3)1-2(12)8-6/h1,6H2,(H,8,12). The Morgan fingerprint density at radius 3 is 2.86 bits per heavy atom. The predicted octanol–water partition coefficient (Wildman–Crippen LogP) is -1.06. The van der Waals surface area contributed by atoms with Gasteiger partial charge in [0.2, 0.25) is 0 Å². The zero-order chi connectivity index (χ0) is 10.7. The number of nitro groups is 1. The molecule has 1 aromatic rings. The SMILES string of the molecule is NNC(=O)Cn1nc([N+](=O)[O-])nc1Br. The zero-order valence-corrected chi connectivity index (χ0v) is 8.26. The van der Waals surface area contributed by atoms with Crippen LogP contribution in [-0.4, -0.2) is 25.6 Å². The molecule has 0 radical (unpaired) electrons. The molecular formula is C4H5BrN6O3. The number of hydrazine groups is 1. The maximum atomic E-state index is 10.8. The summed E-state index contributed by atoms with van der Waals surface area (Å²) in [5, 5.41) is 13.7. The van der Waals surface area contributed by atoms with E-state index in [1.54, 1.807) is 0 Å². The van der Waals surface area contributed by atoms with Crippen molar-refractivity contribution in [3.8, 4) is 0 Å². The summed E-state index contributed by atoms with van der Waals surface area (Å²) in [5.74, 6) is 3.71. The van der Waals surface area contributed by atoms with Gasteiger partial charge in [-0.25, -0.2) is 5.84 Å². The molecule has 1 amide bonds. The number of nitrogens with two attached hydrogens (primary N) is 1. The highest BCUT2D eigenvalue weighted by Crippen LogP contribution is 2.11. The summed E-state index contributed by atoms with van der Waals surface area (Å²) < 4.78 is 1.10. The molecule has 0 fully saturated rings. The van der Waals surface area contributed by atoms with Crippen molar-refractivity contribution in [2.24, 2.45) is 5.84 Å². The van der Waals surface area contributed by atoms with E-state index in [4.69, 9.17) is 5.84 Å². The minimum atomic E-state index is -0.762. The van der Waals surface area contributed by atoms with E-state index in [1.165, 1.54) is 0 Å². The minimum Gasteiger partial charge on any atom is -0.390 e. The Hall–Kier alpha value is -1.55. The summed E-state index contributed by atoms with van der Waals surface area (Å²) in [5.41, 5.74) is 1.86. The summed E-state index contributed by atoms with van der Waals surface area (Å²) in [6.07, 6.45) is 0. The van der Waals surface area contributed by atoms with Crippen molar-refractivity contribution >= 4 is 27.8 Å². The van der Waals surface area contributed by atoms with Crippen LogP contribution in [0, 0.1) is 10.1 Å². The molecule has 0 saturated carbocycles. The van der Waals surface area contributed by atoms with Gasteiger partial charge in [-0.05, 0) is 9.91 Å². The van der Waals surface area contributed by atoms with Gasteiger partial charge >= 0.3 is 5.95 Å². The van der Waals surface area contributed by atoms with Crippen LogP contribution in [0.3, 0.4) is 0 Å². The van der Waals surface area contributed by atoms with Crippen molar-refractivity contribution in [2.45, 2.75) is 6.54 Å². The third kappa shape index (κ3) is 2.23. The van der Waals surface area contributed by atoms with Gasteiger partial charge in [-0.2, -0.15) is 4.68 Å². The number of amides is 1. The Morgan fingerprint density at radius 2 is 2.43 bits per heavy atom. The lowest BCUT2D eigenvalue weighted by atomic mass is 10.6. The fraction of sp³-hybridized carbons (Fsp3) is 0.250. The molecular weight excluding hydrogens is 260 g/mol. The Balaban J connectivity index is 2.88. The fourth-order valence-electron chi connectivity index (χ4n) is 0.671. The second kappa shape index (κ2) is 4.11. The Morgan fingerprint density at radius 1 is 1.79 bits per heavy atom. The van der Waals surface area contributed by atoms with Crippen LogP contribution in [0.1, 0.15) is 0 Å². The molecule has 0 unspecified atom stereocenters. The van der Waals surface area contributed by atoms with Crippen molar-refractivity contribution in [3.63, 3.8) is 0 Å². The maximum absolute atomic E-state index is 10.8. The van der Waals surface area contributed by atoms with Crippen LogP contribution < -0.4 is 11.3 Å². The summed E-state index contributed by atoms with van der Waals surface area (Å²) >= 11 is 2.91. The molecule has 1 heterocycles. The van der Waals surface area contributed by atoms with E-state index in [2.05, 4.69) is 26.0 Å². The molecule has 0 spiro atoms. The van der Waals surface area contributed by atoms with E-state index in [0.717, 1.165) is 4.68 Å². The first-order valence-electron chi connectivity index (χ1n) is 3.28. The molecule has 10 heteroatoms. The van der Waals surface area contributed by atoms with E-state index >= 15 is 0 Å². The third-order valence-corrected chi connectivity index (χ3v) is 1.82. The van der Waals surface area contributed by atoms with Gasteiger partial charge in [0.15, 0.2) is 0 Å². The van der Waals surface area contributed by atoms with Crippen LogP contribution in [-0.2, 0) is 11.3 Å². The van der Waals surface area contributed by atoms with E-state index in [1.807, 2.05) is 5.43 Å². The minimum absolute atomic E-state index is 0.0906. The largest absolute Gasteiger partial charge is 0.492 e. The average molecular weight is 265 g/mol. The van der Waals surface area contributed by atoms with Gasteiger partial charge in [0, 0.05) is 21.0 Å². The van der Waals surface area contributed by atoms with E-state index in [9.17, 15) is 14.9 Å². The van der Waals surface area contributed by atoms with Crippen molar-refractivity contribution in [1.82, 2.24) is 20.2 Å². The highest BCUT2D eigenvalue weighted by molar-refractivity contribution is 9.10. The number of carbonyl (C=O) groups excluding carboxylic acids is 1. The summed E-state index contributed by atoms with van der Waals surface area (Å²) in [7, 11) is 0. The second-order valence-corrected chi connectivity index (χ2v) is 2.87. The highest BCUT2D eigenvalue weighted by atomic mass is 79.9. The molecule has 0 aromatic carbocycles. The first kappa shape index (κ1) is 10.5. The van der Waals surface area contributed by atoms with Gasteiger partial charge < -0.3 is 10.1 Å². The smallest absolute Gasteiger partial charge is 0.390 e. The number of aromatic nitrogens is 3. The van der Waals surface area contributed by atoms with Crippen molar-refractivity contribution < 1.29 is 9.72 Å². The molecule has 9 nitrogen and oxygen atoms in total. The van der Waals surface area contributed by atoms with Crippen LogP contribution in [0.4, 0.5) is 5.95 Å². The first-order chi connectivity index (χ1) is 6.54. The molecule has 76 valence electrons. The van der Waals surface area contributed by atoms with Gasteiger partial charge in [0.1, 0.15) is 6.54 Å². The van der Waals surface area contributed by atoms with Crippen LogP contribution >= 0.6 is 15.9 Å². The van der Waals surface area contributed by atoms with Crippen molar-refractivity contribution in [1.29, 1.82) is 0 Å². The normalized spacial score (nSPS) is 9.86. The second-order valence-electron chi connectivity index (χ2n) is 2.16. The highest BCUT2D eigenvalue weighted by Gasteiger charge is 2.20. The lowest BCUT2D eigenvalue weighted by Crippen LogP contribution is -2.33. The zero-order valence-electron chi connectivity index (χ0n) is 6.68. The van der Waals surface area contributed by atoms with Gasteiger partial charge in [0.05, 0.1) is 0 Å². The van der Waals surface area contributed by atoms with Crippen LogP contribution in [0.2, 0.25) is 0 Å². The third-order valence-electron chi connectivity index (χ3n) is 1.23. The molecule has 3 N–H and O–H groups in total. The predicted molar refractivity (Wildman–Crippen MR) is 46.7 cm³/mol. The summed E-state index contributed by atoms with van der Waals surface area (Å²) in [6, 6.07) is 0. The molecule has 1 aromatic heterocycles. The van der Waals surface area contributed by atoms with Gasteiger partial charge in [0.25, 0.3) is 10.6 Å².